The molecule has 17 heavy (non-hydrogen) atoms. The molecule has 0 fully saturated rings. The van der Waals surface area contributed by atoms with Crippen molar-refractivity contribution in [2.75, 3.05) is 0 Å². The molecule has 0 saturated heterocycles. The zero-order chi connectivity index (χ0) is 12.3. The van der Waals surface area contributed by atoms with E-state index in [1.807, 2.05) is 37.3 Å². The molecular formula is C13H14ClN3. The standard InChI is InChI=1S/C13H14ClN3/c1-9-2-3-11(8-12(9)14)13(17-15)10-4-6-16-7-5-10/h2-8,13,17H,15H2,1H3. The van der Waals surface area contributed by atoms with E-state index in [0.29, 0.717) is 0 Å². The first kappa shape index (κ1) is 12.0. The largest absolute Gasteiger partial charge is 0.271 e. The van der Waals surface area contributed by atoms with Crippen LogP contribution in [0.5, 0.6) is 0 Å². The lowest BCUT2D eigenvalue weighted by Gasteiger charge is -2.17. The van der Waals surface area contributed by atoms with E-state index in [0.717, 1.165) is 21.7 Å². The van der Waals surface area contributed by atoms with Gasteiger partial charge in [-0.1, -0.05) is 23.7 Å². The van der Waals surface area contributed by atoms with Gasteiger partial charge < -0.3 is 0 Å². The van der Waals surface area contributed by atoms with Crippen LogP contribution in [0.25, 0.3) is 0 Å². The lowest BCUT2D eigenvalue weighted by molar-refractivity contribution is 0.636. The zero-order valence-corrected chi connectivity index (χ0v) is 10.3. The van der Waals surface area contributed by atoms with Gasteiger partial charge in [-0.2, -0.15) is 0 Å². The Morgan fingerprint density at radius 2 is 1.88 bits per heavy atom. The summed E-state index contributed by atoms with van der Waals surface area (Å²) < 4.78 is 0. The lowest BCUT2D eigenvalue weighted by Crippen LogP contribution is -2.28. The number of hydrogen-bond acceptors (Lipinski definition) is 3. The maximum atomic E-state index is 6.12. The van der Waals surface area contributed by atoms with Crippen LogP contribution >= 0.6 is 11.6 Å². The van der Waals surface area contributed by atoms with Gasteiger partial charge in [-0.15, -0.1) is 0 Å². The summed E-state index contributed by atoms with van der Waals surface area (Å²) >= 11 is 6.12. The number of hydrogen-bond donors (Lipinski definition) is 2. The minimum atomic E-state index is -0.0731. The number of nitrogens with one attached hydrogen (secondary N) is 1. The van der Waals surface area contributed by atoms with Gasteiger partial charge in [-0.05, 0) is 41.8 Å². The van der Waals surface area contributed by atoms with Crippen LogP contribution in [0.1, 0.15) is 22.7 Å². The average molecular weight is 248 g/mol. The third-order valence-electron chi connectivity index (χ3n) is 2.74. The van der Waals surface area contributed by atoms with Crippen molar-refractivity contribution in [3.63, 3.8) is 0 Å². The van der Waals surface area contributed by atoms with Gasteiger partial charge in [0.05, 0.1) is 6.04 Å². The molecule has 1 unspecified atom stereocenters. The van der Waals surface area contributed by atoms with Crippen LogP contribution in [-0.2, 0) is 0 Å². The van der Waals surface area contributed by atoms with E-state index < -0.39 is 0 Å². The van der Waals surface area contributed by atoms with Crippen LogP contribution in [-0.4, -0.2) is 4.98 Å². The molecule has 3 nitrogen and oxygen atoms in total. The van der Waals surface area contributed by atoms with Crippen LogP contribution in [0.3, 0.4) is 0 Å². The average Bonchev–Trinajstić information content (AvgIpc) is 2.36. The molecule has 2 rings (SSSR count). The van der Waals surface area contributed by atoms with Crippen LogP contribution in [0, 0.1) is 6.92 Å². The predicted octanol–water partition coefficient (Wildman–Crippen LogP) is 2.60. The van der Waals surface area contributed by atoms with E-state index in [-0.39, 0.29) is 6.04 Å². The van der Waals surface area contributed by atoms with Crippen molar-refractivity contribution in [1.82, 2.24) is 10.4 Å². The SMILES string of the molecule is Cc1ccc(C(NN)c2ccncc2)cc1Cl. The molecule has 1 aromatic carbocycles. The van der Waals surface area contributed by atoms with Crippen molar-refractivity contribution in [2.24, 2.45) is 5.84 Å². The molecule has 0 saturated carbocycles. The quantitative estimate of drug-likeness (QED) is 0.648. The molecule has 88 valence electrons. The second kappa shape index (κ2) is 5.27. The fourth-order valence-corrected chi connectivity index (χ4v) is 1.92. The first-order valence-corrected chi connectivity index (χ1v) is 5.72. The van der Waals surface area contributed by atoms with Crippen molar-refractivity contribution < 1.29 is 0 Å². The Morgan fingerprint density at radius 1 is 1.18 bits per heavy atom. The summed E-state index contributed by atoms with van der Waals surface area (Å²) in [6.45, 7) is 1.98. The van der Waals surface area contributed by atoms with Gasteiger partial charge in [0.2, 0.25) is 0 Å². The Morgan fingerprint density at radius 3 is 2.47 bits per heavy atom. The molecule has 0 aliphatic rings. The topological polar surface area (TPSA) is 50.9 Å². The maximum Gasteiger partial charge on any atom is 0.0711 e. The van der Waals surface area contributed by atoms with Crippen molar-refractivity contribution >= 4 is 11.6 Å². The summed E-state index contributed by atoms with van der Waals surface area (Å²) in [5.74, 6) is 5.61. The number of halogens is 1. The highest BCUT2D eigenvalue weighted by Crippen LogP contribution is 2.25. The second-order valence-corrected chi connectivity index (χ2v) is 4.30. The van der Waals surface area contributed by atoms with Crippen molar-refractivity contribution in [1.29, 1.82) is 0 Å². The van der Waals surface area contributed by atoms with Crippen molar-refractivity contribution in [3.05, 3.63) is 64.4 Å². The van der Waals surface area contributed by atoms with Crippen LogP contribution in [0.2, 0.25) is 5.02 Å². The normalized spacial score (nSPS) is 12.4. The van der Waals surface area contributed by atoms with Crippen molar-refractivity contribution in [2.45, 2.75) is 13.0 Å². The zero-order valence-electron chi connectivity index (χ0n) is 9.52. The number of nitrogens with zero attached hydrogens (tertiary/aromatic N) is 1. The first-order chi connectivity index (χ1) is 8.22. The highest BCUT2D eigenvalue weighted by Gasteiger charge is 2.12. The summed E-state index contributed by atoms with van der Waals surface area (Å²) in [6.07, 6.45) is 3.49. The smallest absolute Gasteiger partial charge is 0.0711 e. The van der Waals surface area contributed by atoms with E-state index in [4.69, 9.17) is 17.4 Å². The summed E-state index contributed by atoms with van der Waals surface area (Å²) in [4.78, 5) is 3.99. The van der Waals surface area contributed by atoms with Crippen LogP contribution in [0.15, 0.2) is 42.7 Å². The molecule has 3 N–H and O–H groups in total. The van der Waals surface area contributed by atoms with E-state index >= 15 is 0 Å². The van der Waals surface area contributed by atoms with Gasteiger partial charge in [-0.3, -0.25) is 10.8 Å². The van der Waals surface area contributed by atoms with Gasteiger partial charge in [0.15, 0.2) is 0 Å². The number of aryl methyl sites for hydroxylation is 1. The number of benzene rings is 1. The van der Waals surface area contributed by atoms with Gasteiger partial charge >= 0.3 is 0 Å². The molecule has 1 heterocycles. The molecule has 2 aromatic rings. The van der Waals surface area contributed by atoms with Crippen molar-refractivity contribution in [3.8, 4) is 0 Å². The van der Waals surface area contributed by atoms with E-state index in [1.54, 1.807) is 12.4 Å². The van der Waals surface area contributed by atoms with E-state index in [1.165, 1.54) is 0 Å². The molecule has 0 bridgehead atoms. The monoisotopic (exact) mass is 247 g/mol. The van der Waals surface area contributed by atoms with E-state index in [2.05, 4.69) is 10.4 Å². The Bertz CT molecular complexity index is 499. The van der Waals surface area contributed by atoms with Crippen LogP contribution < -0.4 is 11.3 Å². The molecule has 0 spiro atoms. The molecule has 0 amide bonds. The Labute approximate surface area is 106 Å². The number of pyridine rings is 1. The number of nitrogens with two attached hydrogens (primary N) is 1. The highest BCUT2D eigenvalue weighted by molar-refractivity contribution is 6.31. The summed E-state index contributed by atoms with van der Waals surface area (Å²) in [7, 11) is 0. The highest BCUT2D eigenvalue weighted by atomic mass is 35.5. The lowest BCUT2D eigenvalue weighted by atomic mass is 9.99. The fourth-order valence-electron chi connectivity index (χ4n) is 1.73. The number of aromatic nitrogens is 1. The summed E-state index contributed by atoms with van der Waals surface area (Å²) in [6, 6.07) is 9.73. The fraction of sp³-hybridized carbons (Fsp3) is 0.154. The first-order valence-electron chi connectivity index (χ1n) is 5.34. The minimum absolute atomic E-state index is 0.0731. The van der Waals surface area contributed by atoms with E-state index in [9.17, 15) is 0 Å². The number of hydrazine groups is 1. The molecule has 1 aromatic heterocycles. The Balaban J connectivity index is 2.39. The Hall–Kier alpha value is -1.42. The molecule has 4 heteroatoms. The van der Waals surface area contributed by atoms with Gasteiger partial charge in [-0.25, -0.2) is 5.43 Å². The van der Waals surface area contributed by atoms with Crippen LogP contribution in [0.4, 0.5) is 0 Å². The molecule has 0 aliphatic carbocycles. The summed E-state index contributed by atoms with van der Waals surface area (Å²) in [5, 5.41) is 0.747. The second-order valence-electron chi connectivity index (χ2n) is 3.89. The maximum absolute atomic E-state index is 6.12. The molecule has 1 atom stereocenters. The molecule has 0 aliphatic heterocycles. The predicted molar refractivity (Wildman–Crippen MR) is 69.6 cm³/mol. The van der Waals surface area contributed by atoms with Gasteiger partial charge in [0, 0.05) is 17.4 Å². The third-order valence-corrected chi connectivity index (χ3v) is 3.14. The minimum Gasteiger partial charge on any atom is -0.271 e. The number of rotatable bonds is 3. The molecular weight excluding hydrogens is 234 g/mol. The van der Waals surface area contributed by atoms with Gasteiger partial charge in [0.25, 0.3) is 0 Å². The summed E-state index contributed by atoms with van der Waals surface area (Å²) in [5.41, 5.74) is 5.95. The third kappa shape index (κ3) is 2.64. The Kier molecular flexibility index (Phi) is 3.74. The van der Waals surface area contributed by atoms with Gasteiger partial charge in [0.1, 0.15) is 0 Å². The molecule has 0 radical (unpaired) electrons.